The van der Waals surface area contributed by atoms with Gasteiger partial charge in [0.1, 0.15) is 23.4 Å². The van der Waals surface area contributed by atoms with Crippen LogP contribution in [-0.4, -0.2) is 41.6 Å². The van der Waals surface area contributed by atoms with Crippen LogP contribution in [0.3, 0.4) is 0 Å². The normalized spacial score (nSPS) is 19.6. The van der Waals surface area contributed by atoms with E-state index in [1.807, 2.05) is 13.8 Å². The van der Waals surface area contributed by atoms with Crippen molar-refractivity contribution in [3.05, 3.63) is 82.7 Å². The number of methoxy groups -OCH3 is 1. The third-order valence-corrected chi connectivity index (χ3v) is 7.98. The van der Waals surface area contributed by atoms with E-state index in [-0.39, 0.29) is 22.6 Å². The van der Waals surface area contributed by atoms with Gasteiger partial charge in [-0.15, -0.1) is 0 Å². The Balaban J connectivity index is 1.55. The van der Waals surface area contributed by atoms with Crippen molar-refractivity contribution in [3.63, 3.8) is 0 Å². The molecule has 10 heteroatoms. The molecule has 1 fully saturated rings. The molecule has 2 unspecified atom stereocenters. The lowest BCUT2D eigenvalue weighted by molar-refractivity contribution is -0.132. The third kappa shape index (κ3) is 4.24. The van der Waals surface area contributed by atoms with Crippen LogP contribution in [0.2, 0.25) is 0 Å². The summed E-state index contributed by atoms with van der Waals surface area (Å²) < 4.78 is 31.4. The average Bonchev–Trinajstić information content (AvgIpc) is 3.60. The molecule has 0 radical (unpaired) electrons. The Morgan fingerprint density at radius 3 is 2.75 bits per heavy atom. The second-order valence-corrected chi connectivity index (χ2v) is 10.6. The highest BCUT2D eigenvalue weighted by Crippen LogP contribution is 2.46. The highest BCUT2D eigenvalue weighted by Gasteiger charge is 2.48. The fourth-order valence-electron chi connectivity index (χ4n) is 5.19. The summed E-state index contributed by atoms with van der Waals surface area (Å²) in [6.45, 7) is 4.21. The van der Waals surface area contributed by atoms with Crippen LogP contribution in [0.5, 0.6) is 17.2 Å². The second kappa shape index (κ2) is 9.95. The number of fused-ring (bicyclic) bond motifs is 2. The molecule has 2 aliphatic heterocycles. The summed E-state index contributed by atoms with van der Waals surface area (Å²) in [5.74, 6) is -0.837. The molecule has 8 nitrogen and oxygen atoms in total. The predicted octanol–water partition coefficient (Wildman–Crippen LogP) is 5.79. The number of amides is 1. The first-order valence-electron chi connectivity index (χ1n) is 12.8. The van der Waals surface area contributed by atoms with Gasteiger partial charge in [0, 0.05) is 12.0 Å². The maximum Gasteiger partial charge on any atom is 0.301 e. The number of aliphatic hydroxyl groups excluding tert-OH is 1. The molecule has 6 rings (SSSR count). The molecule has 0 aliphatic carbocycles. The van der Waals surface area contributed by atoms with Crippen molar-refractivity contribution in [1.82, 2.24) is 4.98 Å². The Morgan fingerprint density at radius 2 is 1.98 bits per heavy atom. The quantitative estimate of drug-likeness (QED) is 0.181. The van der Waals surface area contributed by atoms with Crippen molar-refractivity contribution < 1.29 is 33.3 Å². The van der Waals surface area contributed by atoms with Gasteiger partial charge in [0.25, 0.3) is 5.78 Å². The van der Waals surface area contributed by atoms with Gasteiger partial charge in [0.05, 0.1) is 35.5 Å². The van der Waals surface area contributed by atoms with Gasteiger partial charge in [-0.25, -0.2) is 9.37 Å². The second-order valence-electron chi connectivity index (χ2n) is 9.58. The fourth-order valence-corrected chi connectivity index (χ4v) is 6.21. The topological polar surface area (TPSA) is 98.2 Å². The maximum absolute atomic E-state index is 13.9. The van der Waals surface area contributed by atoms with Crippen molar-refractivity contribution in [1.29, 1.82) is 0 Å². The molecule has 1 amide bonds. The van der Waals surface area contributed by atoms with Crippen LogP contribution in [0.15, 0.2) is 60.2 Å². The number of anilines is 1. The minimum Gasteiger partial charge on any atom is -0.507 e. The smallest absolute Gasteiger partial charge is 0.301 e. The lowest BCUT2D eigenvalue weighted by Crippen LogP contribution is -2.29. The van der Waals surface area contributed by atoms with Crippen LogP contribution >= 0.6 is 11.3 Å². The Labute approximate surface area is 233 Å². The van der Waals surface area contributed by atoms with E-state index < -0.39 is 23.5 Å². The molecule has 40 heavy (non-hydrogen) atoms. The number of rotatable bonds is 6. The molecule has 2 atom stereocenters. The Morgan fingerprint density at radius 1 is 1.15 bits per heavy atom. The van der Waals surface area contributed by atoms with Gasteiger partial charge in [0.15, 0.2) is 16.6 Å². The van der Waals surface area contributed by atoms with Gasteiger partial charge >= 0.3 is 5.91 Å². The summed E-state index contributed by atoms with van der Waals surface area (Å²) in [5.41, 5.74) is 2.19. The number of hydrogen-bond acceptors (Lipinski definition) is 8. The van der Waals surface area contributed by atoms with E-state index in [2.05, 4.69) is 4.98 Å². The number of benzene rings is 3. The maximum atomic E-state index is 13.9. The largest absolute Gasteiger partial charge is 0.507 e. The Hall–Kier alpha value is -4.44. The van der Waals surface area contributed by atoms with Crippen LogP contribution in [0.1, 0.15) is 36.6 Å². The highest BCUT2D eigenvalue weighted by molar-refractivity contribution is 7.22. The molecule has 0 bridgehead atoms. The highest BCUT2D eigenvalue weighted by atomic mass is 32.1. The van der Waals surface area contributed by atoms with Crippen LogP contribution in [-0.2, 0) is 16.0 Å². The van der Waals surface area contributed by atoms with Gasteiger partial charge in [-0.2, -0.15) is 0 Å². The number of aliphatic hydroxyl groups is 1. The summed E-state index contributed by atoms with van der Waals surface area (Å²) in [4.78, 5) is 33.0. The number of ether oxygens (including phenoxy) is 3. The van der Waals surface area contributed by atoms with Crippen molar-refractivity contribution >= 4 is 44.1 Å². The summed E-state index contributed by atoms with van der Waals surface area (Å²) in [6.07, 6.45) is 0.658. The standard InChI is InChI=1S/C30H25FN2O6S/c1-4-38-22-10-5-16(13-23(22)37-3)26-25(27(34)17-6-9-21-18(12-17)11-15(2)39-21)28(35)29(36)33(26)30-32-20-8-7-19(31)14-24(20)40-30/h5-10,12-15,26,34H,4,11H2,1-3H3/b27-25-. The summed E-state index contributed by atoms with van der Waals surface area (Å²) in [6, 6.07) is 13.4. The van der Waals surface area contributed by atoms with Crippen LogP contribution in [0.25, 0.3) is 16.0 Å². The minimum atomic E-state index is -1.03. The van der Waals surface area contributed by atoms with E-state index in [1.54, 1.807) is 36.4 Å². The molecule has 3 aromatic carbocycles. The first kappa shape index (κ1) is 25.8. The Bertz CT molecular complexity index is 1710. The number of carbonyl (C=O) groups excluding carboxylic acids is 2. The Kier molecular flexibility index (Phi) is 6.42. The molecule has 1 aromatic heterocycles. The molecular weight excluding hydrogens is 535 g/mol. The molecule has 3 heterocycles. The zero-order valence-electron chi connectivity index (χ0n) is 21.9. The van der Waals surface area contributed by atoms with Crippen molar-refractivity contribution in [2.24, 2.45) is 0 Å². The summed E-state index contributed by atoms with van der Waals surface area (Å²) in [5, 5.41) is 11.8. The van der Waals surface area contributed by atoms with Gasteiger partial charge in [-0.3, -0.25) is 14.5 Å². The van der Waals surface area contributed by atoms with Crippen LogP contribution < -0.4 is 19.1 Å². The van der Waals surface area contributed by atoms with E-state index in [9.17, 15) is 19.1 Å². The van der Waals surface area contributed by atoms with Gasteiger partial charge in [-0.1, -0.05) is 17.4 Å². The number of aromatic nitrogens is 1. The lowest BCUT2D eigenvalue weighted by Gasteiger charge is -2.24. The van der Waals surface area contributed by atoms with E-state index in [1.165, 1.54) is 30.2 Å². The number of ketones is 1. The van der Waals surface area contributed by atoms with Crippen molar-refractivity contribution in [2.45, 2.75) is 32.4 Å². The number of thiazole rings is 1. The molecule has 0 saturated carbocycles. The third-order valence-electron chi connectivity index (χ3n) is 6.96. The SMILES string of the molecule is CCOc1ccc(C2/C(=C(/O)c3ccc4c(c3)CC(C)O4)C(=O)C(=O)N2c2nc3ccc(F)cc3s2)cc1OC. The van der Waals surface area contributed by atoms with Crippen LogP contribution in [0.4, 0.5) is 9.52 Å². The molecule has 1 saturated heterocycles. The molecule has 0 spiro atoms. The van der Waals surface area contributed by atoms with Crippen molar-refractivity contribution in [3.8, 4) is 17.2 Å². The van der Waals surface area contributed by atoms with Crippen LogP contribution in [0, 0.1) is 5.82 Å². The lowest BCUT2D eigenvalue weighted by atomic mass is 9.94. The zero-order valence-corrected chi connectivity index (χ0v) is 22.8. The van der Waals surface area contributed by atoms with E-state index >= 15 is 0 Å². The van der Waals surface area contributed by atoms with Crippen molar-refractivity contribution in [2.75, 3.05) is 18.6 Å². The van der Waals surface area contributed by atoms with E-state index in [4.69, 9.17) is 14.2 Å². The van der Waals surface area contributed by atoms with Gasteiger partial charge in [0.2, 0.25) is 0 Å². The number of hydrogen-bond donors (Lipinski definition) is 1. The first-order valence-corrected chi connectivity index (χ1v) is 13.6. The molecular formula is C30H25FN2O6S. The number of carbonyl (C=O) groups is 2. The molecule has 4 aromatic rings. The predicted molar refractivity (Wildman–Crippen MR) is 149 cm³/mol. The molecule has 204 valence electrons. The number of halogens is 1. The van der Waals surface area contributed by atoms with E-state index in [0.717, 1.165) is 22.6 Å². The molecule has 2 aliphatic rings. The average molecular weight is 561 g/mol. The van der Waals surface area contributed by atoms with Gasteiger partial charge < -0.3 is 19.3 Å². The van der Waals surface area contributed by atoms with E-state index in [0.29, 0.717) is 45.9 Å². The number of Topliss-reactive ketones (excluding diaryl/α,β-unsaturated/α-hetero) is 1. The minimum absolute atomic E-state index is 0.00170. The number of nitrogens with zero attached hydrogens (tertiary/aromatic N) is 2. The van der Waals surface area contributed by atoms with Gasteiger partial charge in [-0.05, 0) is 73.5 Å². The summed E-state index contributed by atoms with van der Waals surface area (Å²) in [7, 11) is 1.49. The zero-order chi connectivity index (χ0) is 28.1. The molecule has 1 N–H and O–H groups in total. The fraction of sp³-hybridized carbons (Fsp3) is 0.233. The first-order chi connectivity index (χ1) is 19.3. The monoisotopic (exact) mass is 560 g/mol. The summed E-state index contributed by atoms with van der Waals surface area (Å²) >= 11 is 1.09.